The first-order valence-corrected chi connectivity index (χ1v) is 7.75. The number of rotatable bonds is 10. The highest BCUT2D eigenvalue weighted by Crippen LogP contribution is 2.19. The Hall–Kier alpha value is -2.98. The van der Waals surface area contributed by atoms with Crippen molar-refractivity contribution in [3.63, 3.8) is 0 Å². The average molecular weight is 390 g/mol. The van der Waals surface area contributed by atoms with E-state index in [-0.39, 0.29) is 6.29 Å². The van der Waals surface area contributed by atoms with E-state index in [2.05, 4.69) is 0 Å². The number of carbonyl (C=O) groups excluding carboxylic acids is 6. The van der Waals surface area contributed by atoms with Crippen molar-refractivity contribution in [1.82, 2.24) is 0 Å². The highest BCUT2D eigenvalue weighted by atomic mass is 16.6. The van der Waals surface area contributed by atoms with Crippen molar-refractivity contribution in [2.24, 2.45) is 0 Å². The van der Waals surface area contributed by atoms with Crippen LogP contribution in [-0.4, -0.2) is 67.2 Å². The Balaban J connectivity index is 6.00. The van der Waals surface area contributed by atoms with Gasteiger partial charge in [-0.1, -0.05) is 0 Å². The monoisotopic (exact) mass is 390 g/mol. The predicted octanol–water partition coefficient (Wildman–Crippen LogP) is -0.525. The Bertz CT molecular complexity index is 583. The van der Waals surface area contributed by atoms with Gasteiger partial charge < -0.3 is 23.7 Å². The lowest BCUT2D eigenvalue weighted by Crippen LogP contribution is -2.53. The molecule has 0 aliphatic rings. The van der Waals surface area contributed by atoms with Crippen LogP contribution in [0, 0.1) is 0 Å². The van der Waals surface area contributed by atoms with E-state index in [1.54, 1.807) is 0 Å². The number of ether oxygens (including phenoxy) is 5. The van der Waals surface area contributed by atoms with Gasteiger partial charge in [-0.05, 0) is 0 Å². The molecule has 0 fully saturated rings. The summed E-state index contributed by atoms with van der Waals surface area (Å²) >= 11 is 0. The second-order valence-corrected chi connectivity index (χ2v) is 5.31. The SMILES string of the molecule is CC(=O)OC[C@H](OC(C)=O)[C@@H](OC(C)=O)[C@H](OC(C)=O)[C@H](C=O)OC(C)=O. The fraction of sp³-hybridized carbons (Fsp3) is 0.625. The zero-order valence-electron chi connectivity index (χ0n) is 15.6. The van der Waals surface area contributed by atoms with Crippen LogP contribution in [0.25, 0.3) is 0 Å². The van der Waals surface area contributed by atoms with E-state index in [1.807, 2.05) is 0 Å². The van der Waals surface area contributed by atoms with Crippen molar-refractivity contribution in [3.05, 3.63) is 0 Å². The van der Waals surface area contributed by atoms with Gasteiger partial charge in [0.1, 0.15) is 6.61 Å². The van der Waals surface area contributed by atoms with Crippen LogP contribution in [0.1, 0.15) is 34.6 Å². The number of hydrogen-bond donors (Lipinski definition) is 0. The number of esters is 5. The molecule has 0 aliphatic carbocycles. The van der Waals surface area contributed by atoms with Crippen LogP contribution in [0.4, 0.5) is 0 Å². The van der Waals surface area contributed by atoms with E-state index in [9.17, 15) is 28.8 Å². The van der Waals surface area contributed by atoms with Gasteiger partial charge >= 0.3 is 29.8 Å². The Kier molecular flexibility index (Phi) is 10.3. The summed E-state index contributed by atoms with van der Waals surface area (Å²) in [5, 5.41) is 0. The normalized spacial score (nSPS) is 14.6. The van der Waals surface area contributed by atoms with Crippen LogP contribution in [0.3, 0.4) is 0 Å². The van der Waals surface area contributed by atoms with Crippen molar-refractivity contribution in [1.29, 1.82) is 0 Å². The highest BCUT2D eigenvalue weighted by Gasteiger charge is 2.43. The van der Waals surface area contributed by atoms with E-state index < -0.39 is 60.9 Å². The quantitative estimate of drug-likeness (QED) is 0.269. The third kappa shape index (κ3) is 9.92. The lowest BCUT2D eigenvalue weighted by atomic mass is 10.0. The lowest BCUT2D eigenvalue weighted by Gasteiger charge is -2.33. The second-order valence-electron chi connectivity index (χ2n) is 5.31. The molecule has 0 aromatic rings. The molecule has 0 saturated heterocycles. The zero-order chi connectivity index (χ0) is 21.1. The van der Waals surface area contributed by atoms with Crippen LogP contribution in [0.2, 0.25) is 0 Å². The van der Waals surface area contributed by atoms with Crippen molar-refractivity contribution >= 4 is 36.1 Å². The lowest BCUT2D eigenvalue weighted by molar-refractivity contribution is -0.201. The molecule has 0 aromatic heterocycles. The molecule has 0 aliphatic heterocycles. The molecule has 0 N–H and O–H groups in total. The maximum Gasteiger partial charge on any atom is 0.303 e. The maximum atomic E-state index is 11.5. The Morgan fingerprint density at radius 2 is 1.11 bits per heavy atom. The van der Waals surface area contributed by atoms with Crippen LogP contribution in [0.15, 0.2) is 0 Å². The first-order chi connectivity index (χ1) is 12.5. The van der Waals surface area contributed by atoms with Crippen LogP contribution >= 0.6 is 0 Å². The minimum Gasteiger partial charge on any atom is -0.462 e. The Labute approximate surface area is 155 Å². The van der Waals surface area contributed by atoms with Crippen molar-refractivity contribution < 1.29 is 52.5 Å². The molecular formula is C16H22O11. The number of hydrogen-bond acceptors (Lipinski definition) is 11. The molecule has 0 saturated carbocycles. The predicted molar refractivity (Wildman–Crippen MR) is 84.9 cm³/mol. The minimum atomic E-state index is -1.67. The molecule has 4 atom stereocenters. The third-order valence-electron chi connectivity index (χ3n) is 2.82. The summed E-state index contributed by atoms with van der Waals surface area (Å²) in [6.45, 7) is 4.56. The van der Waals surface area contributed by atoms with E-state index in [4.69, 9.17) is 23.7 Å². The topological polar surface area (TPSA) is 149 Å². The third-order valence-corrected chi connectivity index (χ3v) is 2.82. The average Bonchev–Trinajstić information content (AvgIpc) is 2.51. The van der Waals surface area contributed by atoms with Crippen LogP contribution in [-0.2, 0) is 52.5 Å². The fourth-order valence-corrected chi connectivity index (χ4v) is 2.03. The van der Waals surface area contributed by atoms with Crippen molar-refractivity contribution in [2.75, 3.05) is 6.61 Å². The summed E-state index contributed by atoms with van der Waals surface area (Å²) < 4.78 is 24.6. The molecule has 152 valence electrons. The van der Waals surface area contributed by atoms with Gasteiger partial charge in [-0.25, -0.2) is 0 Å². The minimum absolute atomic E-state index is 0.155. The summed E-state index contributed by atoms with van der Waals surface area (Å²) in [6, 6.07) is 0. The van der Waals surface area contributed by atoms with Gasteiger partial charge in [0.2, 0.25) is 0 Å². The van der Waals surface area contributed by atoms with Crippen molar-refractivity contribution in [2.45, 2.75) is 59.0 Å². The molecule has 11 heteroatoms. The molecule has 0 aromatic carbocycles. The van der Waals surface area contributed by atoms with Gasteiger partial charge in [-0.3, -0.25) is 28.8 Å². The highest BCUT2D eigenvalue weighted by molar-refractivity contribution is 5.72. The van der Waals surface area contributed by atoms with Gasteiger partial charge in [0.15, 0.2) is 30.7 Å². The summed E-state index contributed by atoms with van der Waals surface area (Å²) in [6.07, 6.45) is -6.23. The molecule has 0 unspecified atom stereocenters. The molecule has 0 radical (unpaired) electrons. The zero-order valence-corrected chi connectivity index (χ0v) is 15.6. The first-order valence-electron chi connectivity index (χ1n) is 7.75. The number of aldehydes is 1. The largest absolute Gasteiger partial charge is 0.462 e. The van der Waals surface area contributed by atoms with E-state index in [0.717, 1.165) is 34.6 Å². The summed E-state index contributed by atoms with van der Waals surface area (Å²) in [5.74, 6) is -4.23. The second kappa shape index (κ2) is 11.6. The van der Waals surface area contributed by atoms with Gasteiger partial charge in [0.25, 0.3) is 0 Å². The Morgan fingerprint density at radius 3 is 1.48 bits per heavy atom. The molecule has 0 heterocycles. The van der Waals surface area contributed by atoms with E-state index in [1.165, 1.54) is 0 Å². The van der Waals surface area contributed by atoms with Gasteiger partial charge in [0.05, 0.1) is 0 Å². The summed E-state index contributed by atoms with van der Waals surface area (Å²) in [7, 11) is 0. The van der Waals surface area contributed by atoms with Gasteiger partial charge in [-0.2, -0.15) is 0 Å². The van der Waals surface area contributed by atoms with Gasteiger partial charge in [0, 0.05) is 34.6 Å². The Morgan fingerprint density at radius 1 is 0.667 bits per heavy atom. The smallest absolute Gasteiger partial charge is 0.303 e. The summed E-state index contributed by atoms with van der Waals surface area (Å²) in [4.78, 5) is 68.0. The molecular weight excluding hydrogens is 368 g/mol. The van der Waals surface area contributed by atoms with Gasteiger partial charge in [-0.15, -0.1) is 0 Å². The standard InChI is InChI=1S/C16H22O11/c1-8(18)23-7-14(25-10(3)20)16(27-12(5)22)15(26-11(4)21)13(6-17)24-9(2)19/h6,13-16H,7H2,1-5H3/t13-,14-,15+,16+/m0/s1. The first kappa shape index (κ1) is 24.0. The molecule has 11 nitrogen and oxygen atoms in total. The fourth-order valence-electron chi connectivity index (χ4n) is 2.03. The van der Waals surface area contributed by atoms with Crippen LogP contribution < -0.4 is 0 Å². The van der Waals surface area contributed by atoms with E-state index >= 15 is 0 Å². The molecule has 0 amide bonds. The molecule has 0 bridgehead atoms. The maximum absolute atomic E-state index is 11.5. The molecule has 0 spiro atoms. The van der Waals surface area contributed by atoms with E-state index in [0.29, 0.717) is 0 Å². The molecule has 0 rings (SSSR count). The number of carbonyl (C=O) groups is 6. The van der Waals surface area contributed by atoms with Crippen LogP contribution in [0.5, 0.6) is 0 Å². The summed E-state index contributed by atoms with van der Waals surface area (Å²) in [5.41, 5.74) is 0. The molecule has 27 heavy (non-hydrogen) atoms. The van der Waals surface area contributed by atoms with Crippen molar-refractivity contribution in [3.8, 4) is 0 Å².